The van der Waals surface area contributed by atoms with Crippen molar-refractivity contribution >= 4 is 11.6 Å². The van der Waals surface area contributed by atoms with Crippen LogP contribution in [-0.2, 0) is 6.54 Å². The Kier molecular flexibility index (Phi) is 4.29. The lowest BCUT2D eigenvalue weighted by Crippen LogP contribution is -2.24. The predicted molar refractivity (Wildman–Crippen MR) is 55.5 cm³/mol. The van der Waals surface area contributed by atoms with Gasteiger partial charge in [0.05, 0.1) is 11.6 Å². The molecule has 0 unspecified atom stereocenters. The zero-order valence-electron chi connectivity index (χ0n) is 8.25. The van der Waals surface area contributed by atoms with Crippen molar-refractivity contribution in [1.29, 1.82) is 0 Å². The summed E-state index contributed by atoms with van der Waals surface area (Å²) >= 11 is 5.69. The van der Waals surface area contributed by atoms with Crippen molar-refractivity contribution in [1.82, 2.24) is 4.90 Å². The van der Waals surface area contributed by atoms with Crippen LogP contribution in [-0.4, -0.2) is 30.0 Å². The molecular formula is C10H12ClF2NO. The first-order valence-electron chi connectivity index (χ1n) is 4.43. The van der Waals surface area contributed by atoms with Gasteiger partial charge in [0.1, 0.15) is 5.75 Å². The van der Waals surface area contributed by atoms with E-state index in [0.717, 1.165) is 0 Å². The molecule has 0 aliphatic rings. The van der Waals surface area contributed by atoms with Crippen LogP contribution in [0.5, 0.6) is 5.75 Å². The van der Waals surface area contributed by atoms with E-state index in [1.165, 1.54) is 4.90 Å². The molecule has 1 N–H and O–H groups in total. The Morgan fingerprint density at radius 2 is 2.13 bits per heavy atom. The molecule has 1 aromatic rings. The van der Waals surface area contributed by atoms with Gasteiger partial charge in [-0.1, -0.05) is 23.7 Å². The van der Waals surface area contributed by atoms with Crippen LogP contribution in [0.4, 0.5) is 8.78 Å². The number of nitrogens with zero attached hydrogens (tertiary/aromatic N) is 1. The van der Waals surface area contributed by atoms with Crippen molar-refractivity contribution in [2.24, 2.45) is 0 Å². The van der Waals surface area contributed by atoms with Crippen LogP contribution in [0.2, 0.25) is 5.02 Å². The van der Waals surface area contributed by atoms with E-state index in [1.54, 1.807) is 25.2 Å². The number of hydrogen-bond acceptors (Lipinski definition) is 2. The highest BCUT2D eigenvalue weighted by Gasteiger charge is 2.11. The number of alkyl halides is 2. The first-order chi connectivity index (χ1) is 7.00. The number of halogens is 3. The summed E-state index contributed by atoms with van der Waals surface area (Å²) in [5, 5.41) is 9.77. The van der Waals surface area contributed by atoms with Gasteiger partial charge in [-0.3, -0.25) is 4.90 Å². The Balaban J connectivity index is 2.68. The largest absolute Gasteiger partial charge is 0.506 e. The Hall–Kier alpha value is -0.870. The molecule has 0 saturated carbocycles. The van der Waals surface area contributed by atoms with Gasteiger partial charge in [-0.25, -0.2) is 8.78 Å². The molecule has 0 saturated heterocycles. The quantitative estimate of drug-likeness (QED) is 0.868. The summed E-state index contributed by atoms with van der Waals surface area (Å²) < 4.78 is 24.1. The molecule has 0 spiro atoms. The highest BCUT2D eigenvalue weighted by Crippen LogP contribution is 2.27. The molecule has 0 bridgehead atoms. The summed E-state index contributed by atoms with van der Waals surface area (Å²) in [5.41, 5.74) is 0.547. The average Bonchev–Trinajstić information content (AvgIpc) is 2.11. The number of benzene rings is 1. The summed E-state index contributed by atoms with van der Waals surface area (Å²) in [5.74, 6) is -0.0414. The number of para-hydroxylation sites is 1. The third kappa shape index (κ3) is 3.64. The minimum atomic E-state index is -2.38. The van der Waals surface area contributed by atoms with Crippen LogP contribution in [0.3, 0.4) is 0 Å². The van der Waals surface area contributed by atoms with Gasteiger partial charge < -0.3 is 5.11 Å². The predicted octanol–water partition coefficient (Wildman–Crippen LogP) is 2.74. The van der Waals surface area contributed by atoms with Gasteiger partial charge in [0.2, 0.25) is 0 Å². The van der Waals surface area contributed by atoms with Crippen molar-refractivity contribution in [2.75, 3.05) is 13.6 Å². The van der Waals surface area contributed by atoms with E-state index in [2.05, 4.69) is 0 Å². The number of phenolic OH excluding ortho intramolecular Hbond substituents is 1. The lowest BCUT2D eigenvalue weighted by Gasteiger charge is -2.16. The zero-order valence-corrected chi connectivity index (χ0v) is 9.01. The molecule has 84 valence electrons. The topological polar surface area (TPSA) is 23.5 Å². The Labute approximate surface area is 92.1 Å². The summed E-state index contributed by atoms with van der Waals surface area (Å²) in [6.45, 7) is -0.0807. The normalized spacial score (nSPS) is 11.3. The van der Waals surface area contributed by atoms with Crippen LogP contribution in [0.15, 0.2) is 18.2 Å². The van der Waals surface area contributed by atoms with Crippen molar-refractivity contribution < 1.29 is 13.9 Å². The fourth-order valence-electron chi connectivity index (χ4n) is 1.28. The van der Waals surface area contributed by atoms with Crippen molar-refractivity contribution in [3.63, 3.8) is 0 Å². The molecule has 0 heterocycles. The smallest absolute Gasteiger partial charge is 0.251 e. The highest BCUT2D eigenvalue weighted by molar-refractivity contribution is 6.32. The Morgan fingerprint density at radius 1 is 1.47 bits per heavy atom. The molecule has 0 aromatic heterocycles. The van der Waals surface area contributed by atoms with Gasteiger partial charge in [0.25, 0.3) is 6.43 Å². The molecule has 0 fully saturated rings. The third-order valence-electron chi connectivity index (χ3n) is 1.96. The van der Waals surface area contributed by atoms with Gasteiger partial charge in [0.15, 0.2) is 0 Å². The maximum Gasteiger partial charge on any atom is 0.251 e. The fraction of sp³-hybridized carbons (Fsp3) is 0.400. The Bertz CT molecular complexity index is 333. The fourth-order valence-corrected chi connectivity index (χ4v) is 1.47. The minimum absolute atomic E-state index is 0.0414. The van der Waals surface area contributed by atoms with E-state index in [4.69, 9.17) is 11.6 Å². The van der Waals surface area contributed by atoms with E-state index in [0.29, 0.717) is 5.56 Å². The molecule has 0 radical (unpaired) electrons. The van der Waals surface area contributed by atoms with Gasteiger partial charge in [-0.2, -0.15) is 0 Å². The molecule has 0 atom stereocenters. The maximum absolute atomic E-state index is 12.0. The van der Waals surface area contributed by atoms with Crippen molar-refractivity contribution in [3.05, 3.63) is 28.8 Å². The Morgan fingerprint density at radius 3 is 2.73 bits per heavy atom. The number of aromatic hydroxyl groups is 1. The molecular weight excluding hydrogens is 224 g/mol. The standard InChI is InChI=1S/C10H12ClF2NO/c1-14(6-9(12)13)5-7-3-2-4-8(11)10(7)15/h2-4,9,15H,5-6H2,1H3. The van der Waals surface area contributed by atoms with E-state index in [-0.39, 0.29) is 23.9 Å². The molecule has 5 heteroatoms. The minimum Gasteiger partial charge on any atom is -0.506 e. The SMILES string of the molecule is CN(Cc1cccc(Cl)c1O)CC(F)F. The lowest BCUT2D eigenvalue weighted by molar-refractivity contribution is 0.0972. The van der Waals surface area contributed by atoms with Gasteiger partial charge in [0, 0.05) is 12.1 Å². The van der Waals surface area contributed by atoms with Gasteiger partial charge in [-0.05, 0) is 13.1 Å². The van der Waals surface area contributed by atoms with E-state index in [1.807, 2.05) is 0 Å². The number of rotatable bonds is 4. The van der Waals surface area contributed by atoms with E-state index >= 15 is 0 Å². The van der Waals surface area contributed by atoms with Crippen LogP contribution in [0, 0.1) is 0 Å². The van der Waals surface area contributed by atoms with Crippen molar-refractivity contribution in [2.45, 2.75) is 13.0 Å². The van der Waals surface area contributed by atoms with Gasteiger partial charge in [-0.15, -0.1) is 0 Å². The van der Waals surface area contributed by atoms with Crippen LogP contribution >= 0.6 is 11.6 Å². The van der Waals surface area contributed by atoms with Crippen LogP contribution in [0.25, 0.3) is 0 Å². The molecule has 2 nitrogen and oxygen atoms in total. The first kappa shape index (κ1) is 12.2. The molecule has 0 aliphatic carbocycles. The molecule has 0 amide bonds. The van der Waals surface area contributed by atoms with Gasteiger partial charge >= 0.3 is 0 Å². The van der Waals surface area contributed by atoms with Crippen molar-refractivity contribution in [3.8, 4) is 5.75 Å². The lowest BCUT2D eigenvalue weighted by atomic mass is 10.2. The first-order valence-corrected chi connectivity index (χ1v) is 4.81. The molecule has 0 aliphatic heterocycles. The molecule has 1 rings (SSSR count). The highest BCUT2D eigenvalue weighted by atomic mass is 35.5. The zero-order chi connectivity index (χ0) is 11.4. The maximum atomic E-state index is 12.0. The number of hydrogen-bond donors (Lipinski definition) is 1. The average molecular weight is 236 g/mol. The molecule has 1 aromatic carbocycles. The summed E-state index contributed by atoms with van der Waals surface area (Å²) in [6.07, 6.45) is -2.38. The molecule has 15 heavy (non-hydrogen) atoms. The van der Waals surface area contributed by atoms with E-state index in [9.17, 15) is 13.9 Å². The van der Waals surface area contributed by atoms with Crippen LogP contribution in [0.1, 0.15) is 5.56 Å². The van der Waals surface area contributed by atoms with E-state index < -0.39 is 6.43 Å². The number of phenols is 1. The second-order valence-corrected chi connectivity index (χ2v) is 3.74. The summed E-state index contributed by atoms with van der Waals surface area (Å²) in [6, 6.07) is 4.88. The van der Waals surface area contributed by atoms with Crippen LogP contribution < -0.4 is 0 Å². The summed E-state index contributed by atoms with van der Waals surface area (Å²) in [7, 11) is 1.56. The second kappa shape index (κ2) is 5.28. The second-order valence-electron chi connectivity index (χ2n) is 3.34. The third-order valence-corrected chi connectivity index (χ3v) is 2.27. The monoisotopic (exact) mass is 235 g/mol. The summed E-state index contributed by atoms with van der Waals surface area (Å²) in [4.78, 5) is 1.43.